The third kappa shape index (κ3) is 4.31. The molecule has 29 heavy (non-hydrogen) atoms. The van der Waals surface area contributed by atoms with Crippen molar-refractivity contribution in [3.63, 3.8) is 0 Å². The van der Waals surface area contributed by atoms with E-state index in [9.17, 15) is 9.59 Å². The highest BCUT2D eigenvalue weighted by Gasteiger charge is 2.24. The molecule has 0 aliphatic heterocycles. The van der Waals surface area contributed by atoms with Gasteiger partial charge in [0, 0.05) is 11.4 Å². The third-order valence-corrected chi connectivity index (χ3v) is 5.31. The summed E-state index contributed by atoms with van der Waals surface area (Å²) in [4.78, 5) is 30.0. The van der Waals surface area contributed by atoms with Crippen molar-refractivity contribution >= 4 is 22.8 Å². The van der Waals surface area contributed by atoms with E-state index < -0.39 is 12.1 Å². The zero-order chi connectivity index (χ0) is 20.2. The monoisotopic (exact) mass is 392 g/mol. The van der Waals surface area contributed by atoms with Gasteiger partial charge in [-0.2, -0.15) is 0 Å². The summed E-state index contributed by atoms with van der Waals surface area (Å²) in [6, 6.07) is 12.7. The van der Waals surface area contributed by atoms with Crippen LogP contribution in [0, 0.1) is 0 Å². The fourth-order valence-electron chi connectivity index (χ4n) is 3.74. The number of hydrogen-bond acceptors (Lipinski definition) is 5. The lowest BCUT2D eigenvalue weighted by molar-refractivity contribution is -0.130. The minimum Gasteiger partial charge on any atom is -0.463 e. The van der Waals surface area contributed by atoms with Crippen LogP contribution in [0.1, 0.15) is 49.4 Å². The molecule has 0 unspecified atom stereocenters. The van der Waals surface area contributed by atoms with Crippen molar-refractivity contribution in [1.82, 2.24) is 10.3 Å². The van der Waals surface area contributed by atoms with Crippen LogP contribution >= 0.6 is 0 Å². The normalized spacial score (nSPS) is 15.8. The summed E-state index contributed by atoms with van der Waals surface area (Å²) < 4.78 is 10.9. The minimum atomic E-state index is -0.872. The number of rotatable bonds is 5. The van der Waals surface area contributed by atoms with Gasteiger partial charge in [0.2, 0.25) is 0 Å². The second-order valence-electron chi connectivity index (χ2n) is 7.44. The first-order chi connectivity index (χ1) is 14.1. The Morgan fingerprint density at radius 2 is 1.93 bits per heavy atom. The molecule has 1 saturated carbocycles. The molecule has 1 amide bonds. The van der Waals surface area contributed by atoms with E-state index in [1.807, 2.05) is 24.3 Å². The standard InChI is InChI=1S/C23H24N2O4/c1-15(22(26)24-16-8-3-2-4-9-16)29-23(27)18-14-20(21-12-7-13-28-21)25-19-11-6-5-10-17(18)19/h5-7,10-16H,2-4,8-9H2,1H3,(H,24,26)/t15-/m1/s1. The van der Waals surface area contributed by atoms with Gasteiger partial charge in [0.05, 0.1) is 17.3 Å². The number of pyridine rings is 1. The van der Waals surface area contributed by atoms with E-state index in [-0.39, 0.29) is 11.9 Å². The Kier molecular flexibility index (Phi) is 5.60. The Bertz CT molecular complexity index is 1010. The van der Waals surface area contributed by atoms with E-state index >= 15 is 0 Å². The van der Waals surface area contributed by atoms with Gasteiger partial charge in [-0.25, -0.2) is 9.78 Å². The zero-order valence-corrected chi connectivity index (χ0v) is 16.4. The molecule has 3 aromatic rings. The zero-order valence-electron chi connectivity index (χ0n) is 16.4. The topological polar surface area (TPSA) is 81.4 Å². The van der Waals surface area contributed by atoms with Crippen LogP contribution in [0.15, 0.2) is 53.1 Å². The fourth-order valence-corrected chi connectivity index (χ4v) is 3.74. The average molecular weight is 392 g/mol. The Morgan fingerprint density at radius 1 is 1.14 bits per heavy atom. The molecule has 6 heteroatoms. The SMILES string of the molecule is C[C@@H](OC(=O)c1cc(-c2ccco2)nc2ccccc12)C(=O)NC1CCCCC1. The third-order valence-electron chi connectivity index (χ3n) is 5.31. The average Bonchev–Trinajstić information content (AvgIpc) is 3.28. The fraction of sp³-hybridized carbons (Fsp3) is 0.348. The lowest BCUT2D eigenvalue weighted by atomic mass is 9.95. The first-order valence-corrected chi connectivity index (χ1v) is 10.1. The van der Waals surface area contributed by atoms with Crippen molar-refractivity contribution in [3.8, 4) is 11.5 Å². The Hall–Kier alpha value is -3.15. The van der Waals surface area contributed by atoms with Crippen molar-refractivity contribution in [2.75, 3.05) is 0 Å². The first kappa shape index (κ1) is 19.2. The molecule has 1 aromatic carbocycles. The summed E-state index contributed by atoms with van der Waals surface area (Å²) in [5.41, 5.74) is 1.56. The molecule has 0 saturated heterocycles. The van der Waals surface area contributed by atoms with Crippen molar-refractivity contribution in [1.29, 1.82) is 0 Å². The maximum absolute atomic E-state index is 12.9. The molecule has 1 fully saturated rings. The lowest BCUT2D eigenvalue weighted by Crippen LogP contribution is -2.42. The number of para-hydroxylation sites is 1. The maximum atomic E-state index is 12.9. The number of esters is 1. The number of benzene rings is 1. The van der Waals surface area contributed by atoms with Gasteiger partial charge in [0.1, 0.15) is 5.69 Å². The molecule has 0 radical (unpaired) electrons. The van der Waals surface area contributed by atoms with Gasteiger partial charge in [0.15, 0.2) is 11.9 Å². The number of hydrogen-bond donors (Lipinski definition) is 1. The number of nitrogens with zero attached hydrogens (tertiary/aromatic N) is 1. The Balaban J connectivity index is 1.55. The number of amides is 1. The number of aromatic nitrogens is 1. The molecule has 2 heterocycles. The number of nitrogens with one attached hydrogen (secondary N) is 1. The van der Waals surface area contributed by atoms with Gasteiger partial charge in [-0.3, -0.25) is 4.79 Å². The van der Waals surface area contributed by atoms with E-state index in [4.69, 9.17) is 9.15 Å². The van der Waals surface area contributed by atoms with Crippen LogP contribution in [0.5, 0.6) is 0 Å². The molecule has 150 valence electrons. The lowest BCUT2D eigenvalue weighted by Gasteiger charge is -2.24. The Labute approximate surface area is 169 Å². The minimum absolute atomic E-state index is 0.171. The summed E-state index contributed by atoms with van der Waals surface area (Å²) in [5.74, 6) is -0.245. The molecule has 2 aromatic heterocycles. The van der Waals surface area contributed by atoms with Crippen molar-refractivity contribution in [2.45, 2.75) is 51.2 Å². The van der Waals surface area contributed by atoms with Crippen LogP contribution in [0.4, 0.5) is 0 Å². The van der Waals surface area contributed by atoms with E-state index in [0.717, 1.165) is 25.7 Å². The van der Waals surface area contributed by atoms with Crippen LogP contribution in [-0.2, 0) is 9.53 Å². The van der Waals surface area contributed by atoms with E-state index in [1.165, 1.54) is 6.42 Å². The van der Waals surface area contributed by atoms with E-state index in [2.05, 4.69) is 10.3 Å². The van der Waals surface area contributed by atoms with Crippen molar-refractivity contribution in [3.05, 3.63) is 54.3 Å². The molecular formula is C23H24N2O4. The number of carbonyl (C=O) groups is 2. The molecule has 1 N–H and O–H groups in total. The van der Waals surface area contributed by atoms with Crippen molar-refractivity contribution in [2.24, 2.45) is 0 Å². The van der Waals surface area contributed by atoms with Gasteiger partial charge in [-0.15, -0.1) is 0 Å². The number of fused-ring (bicyclic) bond motifs is 1. The summed E-state index contributed by atoms with van der Waals surface area (Å²) >= 11 is 0. The van der Waals surface area contributed by atoms with Gasteiger partial charge >= 0.3 is 5.97 Å². The van der Waals surface area contributed by atoms with Gasteiger partial charge < -0.3 is 14.5 Å². The summed E-state index contributed by atoms with van der Waals surface area (Å²) in [6.45, 7) is 1.60. The largest absolute Gasteiger partial charge is 0.463 e. The van der Waals surface area contributed by atoms with Crippen LogP contribution in [0.3, 0.4) is 0 Å². The molecule has 1 aliphatic carbocycles. The van der Waals surface area contributed by atoms with Gasteiger partial charge in [0.25, 0.3) is 5.91 Å². The second kappa shape index (κ2) is 8.47. The first-order valence-electron chi connectivity index (χ1n) is 10.1. The summed E-state index contributed by atoms with van der Waals surface area (Å²) in [5, 5.41) is 3.68. The molecule has 0 spiro atoms. The Morgan fingerprint density at radius 3 is 2.69 bits per heavy atom. The number of carbonyl (C=O) groups excluding carboxylic acids is 2. The molecular weight excluding hydrogens is 368 g/mol. The molecule has 1 aliphatic rings. The highest BCUT2D eigenvalue weighted by atomic mass is 16.5. The summed E-state index contributed by atoms with van der Waals surface area (Å²) in [6.07, 6.45) is 6.10. The van der Waals surface area contributed by atoms with Gasteiger partial charge in [-0.05, 0) is 44.0 Å². The van der Waals surface area contributed by atoms with Crippen LogP contribution in [0.25, 0.3) is 22.4 Å². The van der Waals surface area contributed by atoms with Crippen LogP contribution in [-0.4, -0.2) is 29.0 Å². The highest BCUT2D eigenvalue weighted by Crippen LogP contribution is 2.26. The highest BCUT2D eigenvalue weighted by molar-refractivity contribution is 6.05. The van der Waals surface area contributed by atoms with Crippen LogP contribution in [0.2, 0.25) is 0 Å². The number of furan rings is 1. The smallest absolute Gasteiger partial charge is 0.339 e. The molecule has 1 atom stereocenters. The van der Waals surface area contributed by atoms with Crippen LogP contribution < -0.4 is 5.32 Å². The van der Waals surface area contributed by atoms with Gasteiger partial charge in [-0.1, -0.05) is 37.5 Å². The van der Waals surface area contributed by atoms with Crippen molar-refractivity contribution < 1.29 is 18.7 Å². The van der Waals surface area contributed by atoms with E-state index in [1.54, 1.807) is 31.4 Å². The molecule has 0 bridgehead atoms. The quantitative estimate of drug-likeness (QED) is 0.647. The molecule has 4 rings (SSSR count). The number of ether oxygens (including phenoxy) is 1. The predicted octanol–water partition coefficient (Wildman–Crippen LogP) is 4.49. The maximum Gasteiger partial charge on any atom is 0.339 e. The predicted molar refractivity (Wildman–Crippen MR) is 109 cm³/mol. The molecule has 6 nitrogen and oxygen atoms in total. The second-order valence-corrected chi connectivity index (χ2v) is 7.44. The van der Waals surface area contributed by atoms with E-state index in [0.29, 0.717) is 27.9 Å². The summed E-state index contributed by atoms with van der Waals surface area (Å²) in [7, 11) is 0.